The molecule has 1 aromatic heterocycles. The molecular weight excluding hydrogens is 453 g/mol. The van der Waals surface area contributed by atoms with Crippen molar-refractivity contribution < 1.29 is 37.0 Å². The lowest BCUT2D eigenvalue weighted by molar-refractivity contribution is -0.180. The Balaban J connectivity index is 2.07. The summed E-state index contributed by atoms with van der Waals surface area (Å²) < 4.78 is 59.9. The number of ether oxygens (including phenoxy) is 3. The third-order valence-corrected chi connectivity index (χ3v) is 5.39. The quantitative estimate of drug-likeness (QED) is 0.392. The van der Waals surface area contributed by atoms with E-state index in [4.69, 9.17) is 14.2 Å². The first-order chi connectivity index (χ1) is 16.3. The van der Waals surface area contributed by atoms with Crippen molar-refractivity contribution in [2.45, 2.75) is 31.5 Å². The Hall–Kier alpha value is -3.82. The van der Waals surface area contributed by atoms with Crippen molar-refractivity contribution in [1.29, 1.82) is 0 Å². The summed E-state index contributed by atoms with van der Waals surface area (Å²) in [6.45, 7) is 2.78. The van der Waals surface area contributed by atoms with Crippen LogP contribution in [0.2, 0.25) is 0 Å². The maximum absolute atomic E-state index is 14.2. The first-order valence-corrected chi connectivity index (χ1v) is 10.6. The van der Waals surface area contributed by atoms with Gasteiger partial charge in [-0.2, -0.15) is 18.3 Å². The second-order valence-electron chi connectivity index (χ2n) is 7.43. The third kappa shape index (κ3) is 3.68. The van der Waals surface area contributed by atoms with E-state index in [2.05, 4.69) is 5.10 Å². The number of rotatable bonds is 6. The molecule has 0 bridgehead atoms. The zero-order valence-corrected chi connectivity index (χ0v) is 18.3. The number of aromatic nitrogens is 2. The molecule has 0 spiro atoms. The van der Waals surface area contributed by atoms with Gasteiger partial charge in [-0.05, 0) is 31.5 Å². The van der Waals surface area contributed by atoms with Crippen molar-refractivity contribution in [1.82, 2.24) is 9.78 Å². The molecule has 1 unspecified atom stereocenters. The largest absolute Gasteiger partial charge is 0.463 e. The van der Waals surface area contributed by atoms with Crippen molar-refractivity contribution in [2.24, 2.45) is 0 Å². The predicted octanol–water partition coefficient (Wildman–Crippen LogP) is 4.28. The molecule has 3 aromatic rings. The van der Waals surface area contributed by atoms with Crippen molar-refractivity contribution in [3.8, 4) is 11.6 Å². The highest BCUT2D eigenvalue weighted by molar-refractivity contribution is 6.07. The second kappa shape index (κ2) is 8.85. The summed E-state index contributed by atoms with van der Waals surface area (Å²) in [6, 6.07) is 15.8. The van der Waals surface area contributed by atoms with Gasteiger partial charge < -0.3 is 14.2 Å². The number of carbonyl (C=O) groups is 2. The summed E-state index contributed by atoms with van der Waals surface area (Å²) in [4.78, 5) is 26.6. The molecule has 1 aliphatic rings. The van der Waals surface area contributed by atoms with E-state index in [0.29, 0.717) is 0 Å². The summed E-state index contributed by atoms with van der Waals surface area (Å²) in [5.74, 6) is -4.19. The van der Waals surface area contributed by atoms with Gasteiger partial charge in [0, 0.05) is 0 Å². The highest BCUT2D eigenvalue weighted by Crippen LogP contribution is 2.54. The summed E-state index contributed by atoms with van der Waals surface area (Å²) >= 11 is 0. The molecule has 4 rings (SSSR count). The minimum absolute atomic E-state index is 0.127. The molecule has 0 fully saturated rings. The van der Waals surface area contributed by atoms with Crippen LogP contribution in [0, 0.1) is 0 Å². The van der Waals surface area contributed by atoms with Gasteiger partial charge in [-0.15, -0.1) is 0 Å². The molecule has 2 heterocycles. The first-order valence-electron chi connectivity index (χ1n) is 10.6. The number of benzene rings is 2. The summed E-state index contributed by atoms with van der Waals surface area (Å²) in [6.07, 6.45) is -4.90. The van der Waals surface area contributed by atoms with Gasteiger partial charge in [0.2, 0.25) is 5.88 Å². The van der Waals surface area contributed by atoms with Crippen molar-refractivity contribution in [2.75, 3.05) is 13.2 Å². The van der Waals surface area contributed by atoms with Crippen LogP contribution in [0.1, 0.15) is 36.6 Å². The molecule has 2 aromatic carbocycles. The number of fused-ring (bicyclic) bond motifs is 1. The lowest BCUT2D eigenvalue weighted by Crippen LogP contribution is -2.56. The third-order valence-electron chi connectivity index (χ3n) is 5.39. The molecular formula is C24H21F3N2O5. The monoisotopic (exact) mass is 474 g/mol. The molecule has 0 saturated carbocycles. The smallest absolute Gasteiger partial charge is 0.435 e. The molecule has 0 N–H and O–H groups in total. The zero-order valence-electron chi connectivity index (χ0n) is 18.3. The predicted molar refractivity (Wildman–Crippen MR) is 113 cm³/mol. The van der Waals surface area contributed by atoms with Crippen LogP contribution in [-0.4, -0.2) is 40.5 Å². The Morgan fingerprint density at radius 1 is 0.971 bits per heavy atom. The summed E-state index contributed by atoms with van der Waals surface area (Å²) in [5.41, 5.74) is -3.75. The lowest BCUT2D eigenvalue weighted by Gasteiger charge is -2.30. The minimum Gasteiger partial charge on any atom is -0.463 e. The van der Waals surface area contributed by atoms with Gasteiger partial charge in [0.25, 0.3) is 0 Å². The van der Waals surface area contributed by atoms with Crippen LogP contribution in [0.3, 0.4) is 0 Å². The summed E-state index contributed by atoms with van der Waals surface area (Å²) in [5, 5.41) is 3.79. The van der Waals surface area contributed by atoms with Crippen LogP contribution in [0.5, 0.6) is 5.88 Å². The molecule has 0 amide bonds. The van der Waals surface area contributed by atoms with Crippen LogP contribution >= 0.6 is 0 Å². The Morgan fingerprint density at radius 2 is 1.50 bits per heavy atom. The van der Waals surface area contributed by atoms with Crippen LogP contribution < -0.4 is 4.74 Å². The van der Waals surface area contributed by atoms with Gasteiger partial charge >= 0.3 is 23.7 Å². The number of halogens is 3. The van der Waals surface area contributed by atoms with E-state index in [0.717, 1.165) is 4.68 Å². The molecule has 1 atom stereocenters. The van der Waals surface area contributed by atoms with E-state index in [9.17, 15) is 22.8 Å². The fraction of sp³-hybridized carbons (Fsp3) is 0.292. The SMILES string of the molecule is CCOC(=O)C1(C(=O)OCC)Oc2c(c(C(F)(F)F)nn2-c2ccccc2)C1c1ccccc1. The van der Waals surface area contributed by atoms with Crippen LogP contribution in [0.4, 0.5) is 13.2 Å². The van der Waals surface area contributed by atoms with Crippen molar-refractivity contribution in [3.05, 3.63) is 77.5 Å². The average Bonchev–Trinajstić information content (AvgIpc) is 3.35. The van der Waals surface area contributed by atoms with E-state index in [-0.39, 0.29) is 30.3 Å². The fourth-order valence-electron chi connectivity index (χ4n) is 4.07. The number of hydrogen-bond donors (Lipinski definition) is 0. The average molecular weight is 474 g/mol. The number of esters is 2. The van der Waals surface area contributed by atoms with Crippen LogP contribution in [-0.2, 0) is 25.2 Å². The normalized spacial score (nSPS) is 16.4. The van der Waals surface area contributed by atoms with Gasteiger partial charge in [0.1, 0.15) is 0 Å². The molecule has 0 radical (unpaired) electrons. The van der Waals surface area contributed by atoms with Gasteiger partial charge in [0.05, 0.1) is 30.4 Å². The minimum atomic E-state index is -4.90. The Labute approximate surface area is 193 Å². The van der Waals surface area contributed by atoms with Gasteiger partial charge in [0.15, 0.2) is 5.69 Å². The first kappa shape index (κ1) is 23.3. The second-order valence-corrected chi connectivity index (χ2v) is 7.43. The highest BCUT2D eigenvalue weighted by atomic mass is 19.4. The van der Waals surface area contributed by atoms with Gasteiger partial charge in [-0.3, -0.25) is 0 Å². The van der Waals surface area contributed by atoms with E-state index in [1.807, 2.05) is 0 Å². The molecule has 7 nitrogen and oxygen atoms in total. The molecule has 0 saturated heterocycles. The molecule has 0 aliphatic carbocycles. The number of nitrogens with zero attached hydrogens (tertiary/aromatic N) is 2. The molecule has 1 aliphatic heterocycles. The van der Waals surface area contributed by atoms with Gasteiger partial charge in [-0.1, -0.05) is 48.5 Å². The highest BCUT2D eigenvalue weighted by Gasteiger charge is 2.67. The van der Waals surface area contributed by atoms with E-state index < -0.39 is 40.9 Å². The van der Waals surface area contributed by atoms with E-state index in [1.54, 1.807) is 36.4 Å². The maximum Gasteiger partial charge on any atom is 0.435 e. The number of hydrogen-bond acceptors (Lipinski definition) is 6. The number of alkyl halides is 3. The zero-order chi connectivity index (χ0) is 24.5. The Morgan fingerprint density at radius 3 is 2.00 bits per heavy atom. The van der Waals surface area contributed by atoms with Crippen LogP contribution in [0.15, 0.2) is 60.7 Å². The molecule has 34 heavy (non-hydrogen) atoms. The Bertz CT molecular complexity index is 1170. The Kier molecular flexibility index (Phi) is 6.07. The maximum atomic E-state index is 14.2. The number of para-hydroxylation sites is 1. The number of carbonyl (C=O) groups excluding carboxylic acids is 2. The topological polar surface area (TPSA) is 79.7 Å². The van der Waals surface area contributed by atoms with Crippen molar-refractivity contribution >= 4 is 11.9 Å². The standard InChI is InChI=1S/C24H21F3N2O5/c1-3-32-21(30)23(22(31)33-4-2)18(15-11-7-5-8-12-15)17-19(24(25,26)27)28-29(20(17)34-23)16-13-9-6-10-14-16/h5-14,18H,3-4H2,1-2H3. The van der Waals surface area contributed by atoms with E-state index in [1.165, 1.54) is 38.1 Å². The molecule has 10 heteroatoms. The van der Waals surface area contributed by atoms with Crippen molar-refractivity contribution in [3.63, 3.8) is 0 Å². The lowest BCUT2D eigenvalue weighted by atomic mass is 9.78. The summed E-state index contributed by atoms with van der Waals surface area (Å²) in [7, 11) is 0. The van der Waals surface area contributed by atoms with Gasteiger partial charge in [-0.25, -0.2) is 14.3 Å². The molecule has 178 valence electrons. The van der Waals surface area contributed by atoms with Crippen LogP contribution in [0.25, 0.3) is 5.69 Å². The van der Waals surface area contributed by atoms with E-state index >= 15 is 0 Å². The fourth-order valence-corrected chi connectivity index (χ4v) is 4.07.